The molecule has 0 radical (unpaired) electrons. The van der Waals surface area contributed by atoms with E-state index in [2.05, 4.69) is 10.1 Å². The van der Waals surface area contributed by atoms with Crippen molar-refractivity contribution in [3.05, 3.63) is 0 Å². The first-order valence-corrected chi connectivity index (χ1v) is 4.16. The molecular weight excluding hydrogens is 117 g/mol. The van der Waals surface area contributed by atoms with Gasteiger partial charge in [0.05, 0.1) is 0 Å². The van der Waals surface area contributed by atoms with Crippen LogP contribution in [0.3, 0.4) is 0 Å². The Morgan fingerprint density at radius 3 is 2.00 bits per heavy atom. The van der Waals surface area contributed by atoms with Crippen LogP contribution < -0.4 is 5.48 Å². The second-order valence-electron chi connectivity index (χ2n) is 1.24. The molecule has 0 aliphatic carbocycles. The van der Waals surface area contributed by atoms with Crippen LogP contribution in [0, 0.1) is 0 Å². The molecule has 0 aliphatic heterocycles. The summed E-state index contributed by atoms with van der Waals surface area (Å²) in [5.41, 5.74) is 2.17. The quantitative estimate of drug-likeness (QED) is 0.337. The van der Waals surface area contributed by atoms with E-state index >= 15 is 0 Å². The van der Waals surface area contributed by atoms with Gasteiger partial charge in [0.15, 0.2) is 0 Å². The minimum atomic E-state index is -3.27. The molecule has 0 heterocycles. The van der Waals surface area contributed by atoms with Crippen molar-refractivity contribution in [2.75, 3.05) is 13.7 Å². The monoisotopic (exact) mass is 127 g/mol. The van der Waals surface area contributed by atoms with Crippen LogP contribution in [0.15, 0.2) is 0 Å². The normalized spacial score (nSPS) is 14.3. The Hall–Kier alpha value is 0.270. The second kappa shape index (κ2) is 2.55. The molecule has 46 valence electrons. The van der Waals surface area contributed by atoms with Crippen molar-refractivity contribution >= 4 is 7.94 Å². The molecule has 0 rings (SSSR count). The molecule has 0 spiro atoms. The fourth-order valence-electron chi connectivity index (χ4n) is 0.193. The van der Waals surface area contributed by atoms with E-state index in [1.54, 1.807) is 0 Å². The van der Waals surface area contributed by atoms with Crippen molar-refractivity contribution in [1.29, 1.82) is 0 Å². The molecule has 0 aromatic heterocycles. The van der Waals surface area contributed by atoms with E-state index in [1.807, 2.05) is 0 Å². The summed E-state index contributed by atoms with van der Waals surface area (Å²) in [7, 11) is -1.80. The van der Waals surface area contributed by atoms with Gasteiger partial charge in [0, 0.05) is 0 Å². The molecule has 5 heteroatoms. The maximum atomic E-state index is 8.43. The summed E-state index contributed by atoms with van der Waals surface area (Å²) in [6.45, 7) is 1.24. The summed E-state index contributed by atoms with van der Waals surface area (Å²) in [4.78, 5) is 16.9. The summed E-state index contributed by atoms with van der Waals surface area (Å²) < 4.78 is 4.23. The fourth-order valence-corrected chi connectivity index (χ4v) is 0.580. The minimum absolute atomic E-state index is 1.24. The van der Waals surface area contributed by atoms with Gasteiger partial charge in [-0.1, -0.05) is 0 Å². The van der Waals surface area contributed by atoms with E-state index in [1.165, 1.54) is 13.7 Å². The van der Waals surface area contributed by atoms with Crippen LogP contribution in [-0.2, 0) is 4.62 Å². The van der Waals surface area contributed by atoms with Crippen molar-refractivity contribution in [2.45, 2.75) is 0 Å². The van der Waals surface area contributed by atoms with Crippen LogP contribution >= 0.6 is 7.94 Å². The zero-order valence-electron chi connectivity index (χ0n) is 4.30. The van der Waals surface area contributed by atoms with Crippen molar-refractivity contribution < 1.29 is 14.4 Å². The molecule has 7 heavy (non-hydrogen) atoms. The Labute approximate surface area is 42.7 Å². The molecule has 0 atom stereocenters. The predicted molar refractivity (Wildman–Crippen MR) is 28.8 cm³/mol. The van der Waals surface area contributed by atoms with Crippen LogP contribution in [0.4, 0.5) is 0 Å². The van der Waals surface area contributed by atoms with Crippen molar-refractivity contribution in [3.8, 4) is 0 Å². The SMILES string of the molecule is CNO[PH](C)(O)O. The van der Waals surface area contributed by atoms with E-state index in [9.17, 15) is 0 Å². The van der Waals surface area contributed by atoms with Gasteiger partial charge in [0.1, 0.15) is 0 Å². The zero-order valence-corrected chi connectivity index (χ0v) is 5.30. The van der Waals surface area contributed by atoms with Crippen molar-refractivity contribution in [2.24, 2.45) is 0 Å². The van der Waals surface area contributed by atoms with Crippen LogP contribution in [0.25, 0.3) is 0 Å². The summed E-state index contributed by atoms with van der Waals surface area (Å²) in [5, 5.41) is 0. The van der Waals surface area contributed by atoms with Crippen LogP contribution in [-0.4, -0.2) is 23.5 Å². The average molecular weight is 127 g/mol. The number of hydroxylamine groups is 1. The molecule has 0 aliphatic rings. The Kier molecular flexibility index (Phi) is 2.64. The molecular formula is C2H10NO3P. The Bertz CT molecular complexity index is 51.4. The Morgan fingerprint density at radius 2 is 2.00 bits per heavy atom. The standard InChI is InChI=1S/C2H10NO3P/c1-3-6-7(2,4)5/h3-5,7H,1-2H3. The van der Waals surface area contributed by atoms with Crippen LogP contribution in [0.5, 0.6) is 0 Å². The van der Waals surface area contributed by atoms with Gasteiger partial charge in [-0.25, -0.2) is 0 Å². The zero-order chi connectivity index (χ0) is 5.91. The Morgan fingerprint density at radius 1 is 1.57 bits per heavy atom. The number of hydrogen-bond acceptors (Lipinski definition) is 4. The van der Waals surface area contributed by atoms with Crippen LogP contribution in [0.2, 0.25) is 0 Å². The first-order chi connectivity index (χ1) is 3.06. The van der Waals surface area contributed by atoms with Crippen LogP contribution in [0.1, 0.15) is 0 Å². The maximum absolute atomic E-state index is 8.43. The van der Waals surface area contributed by atoms with Gasteiger partial charge < -0.3 is 0 Å². The predicted octanol–water partition coefficient (Wildman–Crippen LogP) is -0.753. The molecule has 0 aromatic rings. The molecule has 0 unspecified atom stereocenters. The average Bonchev–Trinajstić information content (AvgIpc) is 1.30. The van der Waals surface area contributed by atoms with Crippen molar-refractivity contribution in [3.63, 3.8) is 0 Å². The van der Waals surface area contributed by atoms with E-state index in [0.29, 0.717) is 0 Å². The summed E-state index contributed by atoms with van der Waals surface area (Å²) in [5.74, 6) is 0. The van der Waals surface area contributed by atoms with E-state index in [4.69, 9.17) is 9.79 Å². The first kappa shape index (κ1) is 7.27. The number of nitrogens with one attached hydrogen (secondary N) is 1. The molecule has 0 fully saturated rings. The number of hydrogen-bond donors (Lipinski definition) is 3. The molecule has 4 nitrogen and oxygen atoms in total. The number of rotatable bonds is 2. The first-order valence-electron chi connectivity index (χ1n) is 1.86. The van der Waals surface area contributed by atoms with Gasteiger partial charge >= 0.3 is 41.5 Å². The third-order valence-corrected chi connectivity index (χ3v) is 0.886. The van der Waals surface area contributed by atoms with E-state index in [-0.39, 0.29) is 0 Å². The molecule has 0 aromatic carbocycles. The van der Waals surface area contributed by atoms with E-state index < -0.39 is 7.94 Å². The summed E-state index contributed by atoms with van der Waals surface area (Å²) in [6.07, 6.45) is 0. The summed E-state index contributed by atoms with van der Waals surface area (Å²) >= 11 is 0. The summed E-state index contributed by atoms with van der Waals surface area (Å²) in [6, 6.07) is 0. The molecule has 0 saturated carbocycles. The fraction of sp³-hybridized carbons (Fsp3) is 1.00. The molecule has 3 N–H and O–H groups in total. The second-order valence-corrected chi connectivity index (χ2v) is 3.31. The third kappa shape index (κ3) is 6.27. The molecule has 0 saturated heterocycles. The third-order valence-electron chi connectivity index (χ3n) is 0.295. The van der Waals surface area contributed by atoms with E-state index in [0.717, 1.165) is 0 Å². The van der Waals surface area contributed by atoms with Gasteiger partial charge in [0.25, 0.3) is 0 Å². The molecule has 0 amide bonds. The molecule has 0 bridgehead atoms. The van der Waals surface area contributed by atoms with Gasteiger partial charge in [-0.15, -0.1) is 0 Å². The van der Waals surface area contributed by atoms with Gasteiger partial charge in [-0.2, -0.15) is 0 Å². The van der Waals surface area contributed by atoms with Crippen molar-refractivity contribution in [1.82, 2.24) is 5.48 Å². The van der Waals surface area contributed by atoms with Gasteiger partial charge in [-0.05, 0) is 0 Å². The van der Waals surface area contributed by atoms with Gasteiger partial charge in [0.2, 0.25) is 0 Å². The Balaban J connectivity index is 3.15. The topological polar surface area (TPSA) is 61.7 Å². The van der Waals surface area contributed by atoms with Gasteiger partial charge in [-0.3, -0.25) is 0 Å².